The predicted molar refractivity (Wildman–Crippen MR) is 48.2 cm³/mol. The van der Waals surface area contributed by atoms with Crippen LogP contribution >= 0.6 is 0 Å². The monoisotopic (exact) mass is 146 g/mol. The lowest BCUT2D eigenvalue weighted by Gasteiger charge is -2.17. The van der Waals surface area contributed by atoms with Gasteiger partial charge in [-0.3, -0.25) is 0 Å². The minimum Gasteiger partial charge on any atom is -0.331 e. The maximum absolute atomic E-state index is 4.85. The Bertz CT molecular complexity index is 53.2. The van der Waals surface area contributed by atoms with E-state index in [9.17, 15) is 0 Å². The first-order chi connectivity index (χ1) is 4.59. The van der Waals surface area contributed by atoms with Gasteiger partial charge in [0.05, 0.1) is 0 Å². The molecule has 0 aliphatic heterocycles. The molecule has 0 spiro atoms. The molecule has 64 valence electrons. The highest BCUT2D eigenvalue weighted by Crippen LogP contribution is 1.89. The Hall–Kier alpha value is -0.0800. The summed E-state index contributed by atoms with van der Waals surface area (Å²) in [5, 5.41) is 0. The summed E-state index contributed by atoms with van der Waals surface area (Å²) in [6.07, 6.45) is 0. The maximum Gasteiger partial charge on any atom is 0.00354 e. The molecule has 2 heteroatoms. The fraction of sp³-hybridized carbons (Fsp3) is 1.00. The lowest BCUT2D eigenvalue weighted by Crippen LogP contribution is -2.25. The molecule has 0 heterocycles. The first-order valence-corrected chi connectivity index (χ1v) is 4.00. The van der Waals surface area contributed by atoms with E-state index in [1.54, 1.807) is 0 Å². The summed E-state index contributed by atoms with van der Waals surface area (Å²) in [6, 6.07) is 0.699. The number of rotatable bonds is 2. The quantitative estimate of drug-likeness (QED) is 0.636. The van der Waals surface area contributed by atoms with Crippen LogP contribution in [0.15, 0.2) is 0 Å². The van der Waals surface area contributed by atoms with Gasteiger partial charge in [-0.15, -0.1) is 0 Å². The van der Waals surface area contributed by atoms with Crippen LogP contribution in [0, 0.1) is 0 Å². The van der Waals surface area contributed by atoms with E-state index in [0.717, 1.165) is 13.1 Å². The third-order valence-corrected chi connectivity index (χ3v) is 1.38. The van der Waals surface area contributed by atoms with Gasteiger partial charge < -0.3 is 10.6 Å². The van der Waals surface area contributed by atoms with Crippen LogP contribution in [0.1, 0.15) is 27.7 Å². The number of hydrogen-bond donors (Lipinski definition) is 1. The Morgan fingerprint density at radius 1 is 1.30 bits per heavy atom. The standard InChI is InChI=1S/C6H15N.C2H7N/c1-5-7(4)6(2)3;1-2-3/h6H,5H2,1-4H3;2-3H2,1H3. The van der Waals surface area contributed by atoms with Gasteiger partial charge in [-0.1, -0.05) is 13.8 Å². The summed E-state index contributed by atoms with van der Waals surface area (Å²) in [5.74, 6) is 0. The van der Waals surface area contributed by atoms with Gasteiger partial charge in [0, 0.05) is 6.04 Å². The molecule has 0 amide bonds. The van der Waals surface area contributed by atoms with Gasteiger partial charge >= 0.3 is 0 Å². The van der Waals surface area contributed by atoms with Crippen LogP contribution in [-0.4, -0.2) is 31.1 Å². The average Bonchev–Trinajstić information content (AvgIpc) is 1.88. The Morgan fingerprint density at radius 3 is 1.60 bits per heavy atom. The molecule has 0 aromatic rings. The summed E-state index contributed by atoms with van der Waals surface area (Å²) in [5.41, 5.74) is 4.85. The molecular weight excluding hydrogens is 124 g/mol. The highest BCUT2D eigenvalue weighted by Gasteiger charge is 1.95. The smallest absolute Gasteiger partial charge is 0.00354 e. The van der Waals surface area contributed by atoms with E-state index in [-0.39, 0.29) is 0 Å². The van der Waals surface area contributed by atoms with Crippen LogP contribution in [0.2, 0.25) is 0 Å². The van der Waals surface area contributed by atoms with Crippen molar-refractivity contribution in [2.24, 2.45) is 5.73 Å². The molecule has 0 radical (unpaired) electrons. The van der Waals surface area contributed by atoms with Gasteiger partial charge in [0.2, 0.25) is 0 Å². The summed E-state index contributed by atoms with van der Waals surface area (Å²) in [4.78, 5) is 2.29. The fourth-order valence-electron chi connectivity index (χ4n) is 0.365. The predicted octanol–water partition coefficient (Wildman–Crippen LogP) is 1.31. The number of hydrogen-bond acceptors (Lipinski definition) is 2. The van der Waals surface area contributed by atoms with Crippen molar-refractivity contribution in [2.45, 2.75) is 33.7 Å². The number of nitrogens with zero attached hydrogens (tertiary/aromatic N) is 1. The van der Waals surface area contributed by atoms with Crippen molar-refractivity contribution in [1.82, 2.24) is 4.90 Å². The molecule has 0 aromatic carbocycles. The minimum atomic E-state index is 0.699. The van der Waals surface area contributed by atoms with E-state index >= 15 is 0 Å². The van der Waals surface area contributed by atoms with E-state index in [1.807, 2.05) is 6.92 Å². The minimum absolute atomic E-state index is 0.699. The second-order valence-corrected chi connectivity index (χ2v) is 2.58. The van der Waals surface area contributed by atoms with E-state index in [0.29, 0.717) is 6.04 Å². The van der Waals surface area contributed by atoms with Crippen LogP contribution in [-0.2, 0) is 0 Å². The zero-order valence-electron chi connectivity index (χ0n) is 8.02. The first-order valence-electron chi connectivity index (χ1n) is 4.00. The molecule has 0 aliphatic carbocycles. The summed E-state index contributed by atoms with van der Waals surface area (Å²) < 4.78 is 0. The molecule has 2 N–H and O–H groups in total. The van der Waals surface area contributed by atoms with Crippen molar-refractivity contribution in [1.29, 1.82) is 0 Å². The Morgan fingerprint density at radius 2 is 1.60 bits per heavy atom. The molecule has 0 aliphatic rings. The lowest BCUT2D eigenvalue weighted by atomic mass is 10.3. The molecule has 0 unspecified atom stereocenters. The van der Waals surface area contributed by atoms with Gasteiger partial charge in [-0.25, -0.2) is 0 Å². The van der Waals surface area contributed by atoms with E-state index in [2.05, 4.69) is 32.7 Å². The van der Waals surface area contributed by atoms with Gasteiger partial charge in [-0.2, -0.15) is 0 Å². The molecular formula is C8H22N2. The van der Waals surface area contributed by atoms with Crippen molar-refractivity contribution in [3.05, 3.63) is 0 Å². The highest BCUT2D eigenvalue weighted by atomic mass is 15.1. The third kappa shape index (κ3) is 10.8. The van der Waals surface area contributed by atoms with Crippen molar-refractivity contribution in [3.63, 3.8) is 0 Å². The zero-order chi connectivity index (χ0) is 8.57. The van der Waals surface area contributed by atoms with Crippen LogP contribution < -0.4 is 5.73 Å². The van der Waals surface area contributed by atoms with Crippen molar-refractivity contribution < 1.29 is 0 Å². The summed E-state index contributed by atoms with van der Waals surface area (Å²) >= 11 is 0. The molecule has 0 atom stereocenters. The maximum atomic E-state index is 4.85. The summed E-state index contributed by atoms with van der Waals surface area (Å²) in [7, 11) is 2.13. The Kier molecular flexibility index (Phi) is 11.2. The van der Waals surface area contributed by atoms with E-state index < -0.39 is 0 Å². The zero-order valence-corrected chi connectivity index (χ0v) is 8.02. The van der Waals surface area contributed by atoms with Crippen molar-refractivity contribution in [2.75, 3.05) is 20.1 Å². The molecule has 0 bridgehead atoms. The Labute approximate surface area is 65.4 Å². The van der Waals surface area contributed by atoms with Crippen LogP contribution in [0.3, 0.4) is 0 Å². The molecule has 10 heavy (non-hydrogen) atoms. The van der Waals surface area contributed by atoms with E-state index in [1.165, 1.54) is 0 Å². The average molecular weight is 146 g/mol. The van der Waals surface area contributed by atoms with E-state index in [4.69, 9.17) is 5.73 Å². The second-order valence-electron chi connectivity index (χ2n) is 2.58. The largest absolute Gasteiger partial charge is 0.331 e. The molecule has 0 aromatic heterocycles. The molecule has 0 rings (SSSR count). The van der Waals surface area contributed by atoms with Crippen LogP contribution in [0.25, 0.3) is 0 Å². The Balaban J connectivity index is 0. The molecule has 0 saturated heterocycles. The fourth-order valence-corrected chi connectivity index (χ4v) is 0.365. The molecule has 0 saturated carbocycles. The second kappa shape index (κ2) is 8.92. The summed E-state index contributed by atoms with van der Waals surface area (Å²) in [6.45, 7) is 10.4. The van der Waals surface area contributed by atoms with Gasteiger partial charge in [0.1, 0.15) is 0 Å². The van der Waals surface area contributed by atoms with Crippen molar-refractivity contribution >= 4 is 0 Å². The van der Waals surface area contributed by atoms with Gasteiger partial charge in [-0.05, 0) is 34.0 Å². The lowest BCUT2D eigenvalue weighted by molar-refractivity contribution is 0.289. The van der Waals surface area contributed by atoms with Crippen LogP contribution in [0.5, 0.6) is 0 Å². The topological polar surface area (TPSA) is 29.3 Å². The normalized spacial score (nSPS) is 9.60. The van der Waals surface area contributed by atoms with Crippen molar-refractivity contribution in [3.8, 4) is 0 Å². The van der Waals surface area contributed by atoms with Gasteiger partial charge in [0.25, 0.3) is 0 Å². The van der Waals surface area contributed by atoms with Gasteiger partial charge in [0.15, 0.2) is 0 Å². The molecule has 2 nitrogen and oxygen atoms in total. The highest BCUT2D eigenvalue weighted by molar-refractivity contribution is 4.51. The molecule has 0 fully saturated rings. The first kappa shape index (κ1) is 12.6. The third-order valence-electron chi connectivity index (χ3n) is 1.38. The SMILES string of the molecule is CCN.CCN(C)C(C)C. The number of nitrogens with two attached hydrogens (primary N) is 1. The van der Waals surface area contributed by atoms with Crippen LogP contribution in [0.4, 0.5) is 0 Å².